The lowest BCUT2D eigenvalue weighted by Gasteiger charge is -2.15. The summed E-state index contributed by atoms with van der Waals surface area (Å²) in [5.74, 6) is -1.03. The summed E-state index contributed by atoms with van der Waals surface area (Å²) in [6, 6.07) is 10.9. The third kappa shape index (κ3) is 5.04. The molecule has 0 aliphatic heterocycles. The molecule has 0 bridgehead atoms. The van der Waals surface area contributed by atoms with Crippen LogP contribution in [0.4, 0.5) is 4.39 Å². The molecule has 0 saturated carbocycles. The fourth-order valence-electron chi connectivity index (χ4n) is 2.19. The Hall–Kier alpha value is -2.89. The second-order valence-electron chi connectivity index (χ2n) is 5.60. The number of carbonyl (C=O) groups excluding carboxylic acids is 2. The normalized spacial score (nSPS) is 11.5. The van der Waals surface area contributed by atoms with Crippen LogP contribution in [0.15, 0.2) is 42.5 Å². The summed E-state index contributed by atoms with van der Waals surface area (Å²) in [6.07, 6.45) is -0.974. The fourth-order valence-corrected chi connectivity index (χ4v) is 2.19. The van der Waals surface area contributed by atoms with E-state index >= 15 is 0 Å². The fraction of sp³-hybridized carbons (Fsp3) is 0.263. The van der Waals surface area contributed by atoms with Crippen molar-refractivity contribution < 1.29 is 23.5 Å². The molecule has 0 saturated heterocycles. The largest absolute Gasteiger partial charge is 0.496 e. The highest BCUT2D eigenvalue weighted by molar-refractivity contribution is 5.94. The number of halogens is 1. The summed E-state index contributed by atoms with van der Waals surface area (Å²) in [7, 11) is 1.46. The van der Waals surface area contributed by atoms with E-state index in [4.69, 9.17) is 9.47 Å². The third-order valence-corrected chi connectivity index (χ3v) is 3.61. The maximum Gasteiger partial charge on any atom is 0.342 e. The summed E-state index contributed by atoms with van der Waals surface area (Å²) in [5.41, 5.74) is 1.88. The van der Waals surface area contributed by atoms with E-state index in [-0.39, 0.29) is 17.9 Å². The van der Waals surface area contributed by atoms with Gasteiger partial charge in [-0.25, -0.2) is 9.18 Å². The van der Waals surface area contributed by atoms with Crippen molar-refractivity contribution in [2.45, 2.75) is 26.5 Å². The van der Waals surface area contributed by atoms with E-state index in [1.165, 1.54) is 26.2 Å². The first kappa shape index (κ1) is 18.4. The Morgan fingerprint density at radius 1 is 1.16 bits per heavy atom. The summed E-state index contributed by atoms with van der Waals surface area (Å²) >= 11 is 0. The van der Waals surface area contributed by atoms with Crippen molar-refractivity contribution in [2.75, 3.05) is 7.11 Å². The van der Waals surface area contributed by atoms with Crippen LogP contribution in [0.1, 0.15) is 28.4 Å². The van der Waals surface area contributed by atoms with Gasteiger partial charge in [0.2, 0.25) is 0 Å². The van der Waals surface area contributed by atoms with Crippen molar-refractivity contribution in [1.82, 2.24) is 5.32 Å². The van der Waals surface area contributed by atoms with Crippen LogP contribution in [0.5, 0.6) is 5.75 Å². The molecular formula is C19H20FNO4. The number of hydrogen-bond acceptors (Lipinski definition) is 4. The van der Waals surface area contributed by atoms with Gasteiger partial charge < -0.3 is 14.8 Å². The lowest BCUT2D eigenvalue weighted by molar-refractivity contribution is -0.129. The van der Waals surface area contributed by atoms with Gasteiger partial charge in [0.15, 0.2) is 6.10 Å². The zero-order chi connectivity index (χ0) is 18.4. The molecule has 132 valence electrons. The summed E-state index contributed by atoms with van der Waals surface area (Å²) in [4.78, 5) is 24.4. The number of hydrogen-bond donors (Lipinski definition) is 1. The molecule has 1 amide bonds. The molecule has 0 heterocycles. The highest BCUT2D eigenvalue weighted by Gasteiger charge is 2.21. The molecule has 5 nitrogen and oxygen atoms in total. The molecule has 1 atom stereocenters. The maximum atomic E-state index is 12.9. The van der Waals surface area contributed by atoms with E-state index < -0.39 is 18.0 Å². The van der Waals surface area contributed by atoms with Crippen molar-refractivity contribution >= 4 is 11.9 Å². The molecule has 1 N–H and O–H groups in total. The Labute approximate surface area is 145 Å². The zero-order valence-electron chi connectivity index (χ0n) is 14.3. The molecule has 0 radical (unpaired) electrons. The Bertz CT molecular complexity index is 759. The van der Waals surface area contributed by atoms with Crippen LogP contribution in [-0.4, -0.2) is 25.1 Å². The van der Waals surface area contributed by atoms with Crippen LogP contribution in [-0.2, 0) is 16.1 Å². The van der Waals surface area contributed by atoms with Gasteiger partial charge in [-0.2, -0.15) is 0 Å². The summed E-state index contributed by atoms with van der Waals surface area (Å²) < 4.78 is 23.2. The molecule has 0 aromatic heterocycles. The number of nitrogens with one attached hydrogen (secondary N) is 1. The number of methoxy groups -OCH3 is 1. The third-order valence-electron chi connectivity index (χ3n) is 3.61. The molecule has 0 unspecified atom stereocenters. The highest BCUT2D eigenvalue weighted by Crippen LogP contribution is 2.21. The Morgan fingerprint density at radius 3 is 2.48 bits per heavy atom. The van der Waals surface area contributed by atoms with Crippen LogP contribution in [0.2, 0.25) is 0 Å². The number of carbonyl (C=O) groups is 2. The minimum absolute atomic E-state index is 0.217. The zero-order valence-corrected chi connectivity index (χ0v) is 14.3. The standard InChI is InChI=1S/C19H20FNO4/c1-12-4-9-17(24-3)16(10-12)19(23)25-13(2)18(22)21-11-14-5-7-15(20)8-6-14/h4-10,13H,11H2,1-3H3,(H,21,22)/t13-/m0/s1. The Kier molecular flexibility index (Phi) is 6.11. The molecule has 2 rings (SSSR count). The van der Waals surface area contributed by atoms with Gasteiger partial charge in [0.25, 0.3) is 5.91 Å². The van der Waals surface area contributed by atoms with E-state index in [1.807, 2.05) is 13.0 Å². The number of ether oxygens (including phenoxy) is 2. The van der Waals surface area contributed by atoms with Crippen LogP contribution in [0.3, 0.4) is 0 Å². The molecule has 6 heteroatoms. The minimum atomic E-state index is -0.974. The lowest BCUT2D eigenvalue weighted by Crippen LogP contribution is -2.35. The van der Waals surface area contributed by atoms with Gasteiger partial charge in [0, 0.05) is 6.54 Å². The molecule has 2 aromatic carbocycles. The van der Waals surface area contributed by atoms with Crippen molar-refractivity contribution in [3.8, 4) is 5.75 Å². The van der Waals surface area contributed by atoms with Crippen molar-refractivity contribution in [1.29, 1.82) is 0 Å². The molecule has 0 spiro atoms. The minimum Gasteiger partial charge on any atom is -0.496 e. The van der Waals surface area contributed by atoms with Crippen LogP contribution in [0.25, 0.3) is 0 Å². The summed E-state index contributed by atoms with van der Waals surface area (Å²) in [6.45, 7) is 3.55. The van der Waals surface area contributed by atoms with Gasteiger partial charge in [-0.05, 0) is 43.7 Å². The van der Waals surface area contributed by atoms with E-state index in [2.05, 4.69) is 5.32 Å². The van der Waals surface area contributed by atoms with Gasteiger partial charge in [-0.15, -0.1) is 0 Å². The van der Waals surface area contributed by atoms with Crippen molar-refractivity contribution in [2.24, 2.45) is 0 Å². The predicted octanol–water partition coefficient (Wildman–Crippen LogP) is 3.00. The molecular weight excluding hydrogens is 325 g/mol. The number of amides is 1. The first-order valence-corrected chi connectivity index (χ1v) is 7.78. The second kappa shape index (κ2) is 8.28. The lowest BCUT2D eigenvalue weighted by atomic mass is 10.1. The monoisotopic (exact) mass is 345 g/mol. The molecule has 25 heavy (non-hydrogen) atoms. The maximum absolute atomic E-state index is 12.9. The first-order valence-electron chi connectivity index (χ1n) is 7.78. The quantitative estimate of drug-likeness (QED) is 0.818. The van der Waals surface area contributed by atoms with Gasteiger partial charge in [-0.3, -0.25) is 4.79 Å². The highest BCUT2D eigenvalue weighted by atomic mass is 19.1. The van der Waals surface area contributed by atoms with Gasteiger partial charge >= 0.3 is 5.97 Å². The van der Waals surface area contributed by atoms with E-state index in [1.54, 1.807) is 24.3 Å². The smallest absolute Gasteiger partial charge is 0.342 e. The van der Waals surface area contributed by atoms with Gasteiger partial charge in [0.1, 0.15) is 17.1 Å². The first-order chi connectivity index (χ1) is 11.9. The SMILES string of the molecule is COc1ccc(C)cc1C(=O)O[C@@H](C)C(=O)NCc1ccc(F)cc1. The number of benzene rings is 2. The van der Waals surface area contributed by atoms with Crippen LogP contribution in [0, 0.1) is 12.7 Å². The molecule has 0 aliphatic rings. The van der Waals surface area contributed by atoms with Crippen LogP contribution < -0.4 is 10.1 Å². The topological polar surface area (TPSA) is 64.6 Å². The van der Waals surface area contributed by atoms with E-state index in [0.717, 1.165) is 11.1 Å². The number of esters is 1. The van der Waals surface area contributed by atoms with E-state index in [9.17, 15) is 14.0 Å². The van der Waals surface area contributed by atoms with Crippen molar-refractivity contribution in [3.63, 3.8) is 0 Å². The van der Waals surface area contributed by atoms with Gasteiger partial charge in [-0.1, -0.05) is 23.8 Å². The predicted molar refractivity (Wildman–Crippen MR) is 90.9 cm³/mol. The average Bonchev–Trinajstić information content (AvgIpc) is 2.60. The average molecular weight is 345 g/mol. The van der Waals surface area contributed by atoms with E-state index in [0.29, 0.717) is 5.75 Å². The van der Waals surface area contributed by atoms with Gasteiger partial charge in [0.05, 0.1) is 7.11 Å². The second-order valence-corrected chi connectivity index (χ2v) is 5.60. The summed E-state index contributed by atoms with van der Waals surface area (Å²) in [5, 5.41) is 2.65. The Morgan fingerprint density at radius 2 is 1.84 bits per heavy atom. The number of rotatable bonds is 6. The molecule has 0 aliphatic carbocycles. The molecule has 0 fully saturated rings. The number of aryl methyl sites for hydroxylation is 1. The Balaban J connectivity index is 1.95. The molecule has 2 aromatic rings. The van der Waals surface area contributed by atoms with Crippen molar-refractivity contribution in [3.05, 3.63) is 65.0 Å². The van der Waals surface area contributed by atoms with Crippen LogP contribution >= 0.6 is 0 Å².